The van der Waals surface area contributed by atoms with Gasteiger partial charge >= 0.3 is 0 Å². The molecule has 1 fully saturated rings. The van der Waals surface area contributed by atoms with Crippen molar-refractivity contribution < 1.29 is 14.3 Å². The Morgan fingerprint density at radius 3 is 2.54 bits per heavy atom. The summed E-state index contributed by atoms with van der Waals surface area (Å²) in [5, 5.41) is 3.73. The second-order valence-electron chi connectivity index (χ2n) is 7.03. The van der Waals surface area contributed by atoms with Gasteiger partial charge in [-0.15, -0.1) is 0 Å². The lowest BCUT2D eigenvalue weighted by Gasteiger charge is -2.38. The van der Waals surface area contributed by atoms with E-state index in [4.69, 9.17) is 21.1 Å². The summed E-state index contributed by atoms with van der Waals surface area (Å²) in [4.78, 5) is 17.2. The maximum atomic E-state index is 12.7. The van der Waals surface area contributed by atoms with Crippen LogP contribution in [0.15, 0.2) is 42.5 Å². The van der Waals surface area contributed by atoms with E-state index in [1.54, 1.807) is 0 Å². The molecule has 4 rings (SSSR count). The Hall–Kier alpha value is -2.44. The van der Waals surface area contributed by atoms with Crippen LogP contribution >= 0.6 is 11.6 Å². The van der Waals surface area contributed by atoms with Crippen molar-refractivity contribution in [3.63, 3.8) is 0 Å². The monoisotopic (exact) mass is 401 g/mol. The largest absolute Gasteiger partial charge is 0.486 e. The molecule has 0 bridgehead atoms. The van der Waals surface area contributed by atoms with Gasteiger partial charge in [-0.05, 0) is 37.3 Å². The molecule has 0 unspecified atom stereocenters. The van der Waals surface area contributed by atoms with E-state index in [9.17, 15) is 4.79 Å². The van der Waals surface area contributed by atoms with E-state index in [0.717, 1.165) is 48.3 Å². The van der Waals surface area contributed by atoms with Crippen molar-refractivity contribution in [1.82, 2.24) is 4.90 Å². The van der Waals surface area contributed by atoms with Gasteiger partial charge < -0.3 is 19.7 Å². The van der Waals surface area contributed by atoms with Crippen LogP contribution in [0.3, 0.4) is 0 Å². The van der Waals surface area contributed by atoms with E-state index in [1.165, 1.54) is 0 Å². The Morgan fingerprint density at radius 2 is 1.79 bits per heavy atom. The number of piperazine rings is 1. The molecule has 2 aliphatic heterocycles. The molecule has 0 aromatic heterocycles. The van der Waals surface area contributed by atoms with Crippen LogP contribution in [0.25, 0.3) is 0 Å². The van der Waals surface area contributed by atoms with E-state index in [0.29, 0.717) is 19.0 Å². The molecule has 0 aliphatic carbocycles. The summed E-state index contributed by atoms with van der Waals surface area (Å²) in [6.07, 6.45) is 0. The standard InChI is InChI=1S/C21H24ClN3O3/c1-15(21(26)23-17-5-6-19-20(14-17)28-12-11-27-19)24-7-9-25(10-8-24)18-4-2-3-16(22)13-18/h2-6,13-15H,7-12H2,1H3,(H,23,26)/t15-/m0/s1. The third-order valence-electron chi connectivity index (χ3n) is 5.22. The first-order chi connectivity index (χ1) is 13.6. The summed E-state index contributed by atoms with van der Waals surface area (Å²) >= 11 is 6.10. The molecule has 2 aliphatic rings. The molecule has 6 nitrogen and oxygen atoms in total. The third-order valence-corrected chi connectivity index (χ3v) is 5.46. The fraction of sp³-hybridized carbons (Fsp3) is 0.381. The SMILES string of the molecule is C[C@@H](C(=O)Nc1ccc2c(c1)OCCO2)N1CCN(c2cccc(Cl)c2)CC1. The summed E-state index contributed by atoms with van der Waals surface area (Å²) in [6, 6.07) is 13.2. The average Bonchev–Trinajstić information content (AvgIpc) is 2.73. The van der Waals surface area contributed by atoms with Crippen LogP contribution in [0.4, 0.5) is 11.4 Å². The highest BCUT2D eigenvalue weighted by molar-refractivity contribution is 6.30. The van der Waals surface area contributed by atoms with E-state index in [1.807, 2.05) is 43.3 Å². The molecule has 0 saturated carbocycles. The van der Waals surface area contributed by atoms with Gasteiger partial charge in [0.15, 0.2) is 11.5 Å². The summed E-state index contributed by atoms with van der Waals surface area (Å²) in [6.45, 7) is 6.39. The molecule has 1 amide bonds. The fourth-order valence-electron chi connectivity index (χ4n) is 3.57. The molecule has 0 radical (unpaired) electrons. The van der Waals surface area contributed by atoms with Gasteiger partial charge in [-0.3, -0.25) is 9.69 Å². The summed E-state index contributed by atoms with van der Waals surface area (Å²) in [5.74, 6) is 1.37. The van der Waals surface area contributed by atoms with Crippen LogP contribution in [0.2, 0.25) is 5.02 Å². The van der Waals surface area contributed by atoms with Crippen molar-refractivity contribution in [1.29, 1.82) is 0 Å². The number of hydrogen-bond acceptors (Lipinski definition) is 5. The van der Waals surface area contributed by atoms with Crippen molar-refractivity contribution in [2.24, 2.45) is 0 Å². The maximum Gasteiger partial charge on any atom is 0.241 e. The molecular formula is C21H24ClN3O3. The first-order valence-corrected chi connectivity index (χ1v) is 9.93. The van der Waals surface area contributed by atoms with Gasteiger partial charge in [-0.1, -0.05) is 17.7 Å². The zero-order valence-corrected chi connectivity index (χ0v) is 16.6. The minimum Gasteiger partial charge on any atom is -0.486 e. The molecule has 2 aromatic rings. The Labute approximate surface area is 170 Å². The zero-order chi connectivity index (χ0) is 19.5. The summed E-state index contributed by atoms with van der Waals surface area (Å²) in [7, 11) is 0. The number of nitrogens with zero attached hydrogens (tertiary/aromatic N) is 2. The van der Waals surface area contributed by atoms with Gasteiger partial charge in [0, 0.05) is 48.6 Å². The lowest BCUT2D eigenvalue weighted by molar-refractivity contribution is -0.120. The van der Waals surface area contributed by atoms with Crippen LogP contribution in [-0.2, 0) is 4.79 Å². The Kier molecular flexibility index (Phi) is 5.59. The molecule has 1 N–H and O–H groups in total. The van der Waals surface area contributed by atoms with Crippen LogP contribution < -0.4 is 19.7 Å². The minimum atomic E-state index is -0.213. The Balaban J connectivity index is 1.33. The fourth-order valence-corrected chi connectivity index (χ4v) is 3.76. The average molecular weight is 402 g/mol. The smallest absolute Gasteiger partial charge is 0.241 e. The Morgan fingerprint density at radius 1 is 1.04 bits per heavy atom. The highest BCUT2D eigenvalue weighted by atomic mass is 35.5. The highest BCUT2D eigenvalue weighted by Crippen LogP contribution is 2.32. The second-order valence-corrected chi connectivity index (χ2v) is 7.46. The number of rotatable bonds is 4. The maximum absolute atomic E-state index is 12.7. The van der Waals surface area contributed by atoms with E-state index >= 15 is 0 Å². The molecule has 2 aromatic carbocycles. The lowest BCUT2D eigenvalue weighted by atomic mass is 10.2. The normalized spacial score (nSPS) is 17.9. The minimum absolute atomic E-state index is 0.0205. The van der Waals surface area contributed by atoms with Gasteiger partial charge in [0.2, 0.25) is 5.91 Å². The molecule has 28 heavy (non-hydrogen) atoms. The van der Waals surface area contributed by atoms with Crippen molar-refractivity contribution in [2.45, 2.75) is 13.0 Å². The van der Waals surface area contributed by atoms with Gasteiger partial charge in [0.1, 0.15) is 13.2 Å². The molecule has 7 heteroatoms. The summed E-state index contributed by atoms with van der Waals surface area (Å²) in [5.41, 5.74) is 1.85. The van der Waals surface area contributed by atoms with Gasteiger partial charge in [-0.2, -0.15) is 0 Å². The predicted molar refractivity (Wildman–Crippen MR) is 111 cm³/mol. The van der Waals surface area contributed by atoms with Crippen molar-refractivity contribution in [2.75, 3.05) is 49.6 Å². The molecule has 1 atom stereocenters. The Bertz CT molecular complexity index is 853. The van der Waals surface area contributed by atoms with Gasteiger partial charge in [0.25, 0.3) is 0 Å². The van der Waals surface area contributed by atoms with Crippen LogP contribution in [0, 0.1) is 0 Å². The molecule has 0 spiro atoms. The predicted octanol–water partition coefficient (Wildman–Crippen LogP) is 3.26. The molecule has 148 valence electrons. The summed E-state index contributed by atoms with van der Waals surface area (Å²) < 4.78 is 11.1. The van der Waals surface area contributed by atoms with Crippen molar-refractivity contribution in [3.8, 4) is 11.5 Å². The highest BCUT2D eigenvalue weighted by Gasteiger charge is 2.26. The topological polar surface area (TPSA) is 54.0 Å². The number of carbonyl (C=O) groups excluding carboxylic acids is 1. The molecule has 2 heterocycles. The number of halogens is 1. The van der Waals surface area contributed by atoms with Crippen LogP contribution in [0.1, 0.15) is 6.92 Å². The third kappa shape index (κ3) is 4.18. The number of nitrogens with one attached hydrogen (secondary N) is 1. The van der Waals surface area contributed by atoms with Crippen molar-refractivity contribution >= 4 is 28.9 Å². The molecular weight excluding hydrogens is 378 g/mol. The number of ether oxygens (including phenoxy) is 2. The first-order valence-electron chi connectivity index (χ1n) is 9.55. The van der Waals surface area contributed by atoms with E-state index in [-0.39, 0.29) is 11.9 Å². The quantitative estimate of drug-likeness (QED) is 0.852. The second kappa shape index (κ2) is 8.29. The number of fused-ring (bicyclic) bond motifs is 1. The number of benzene rings is 2. The van der Waals surface area contributed by atoms with E-state index < -0.39 is 0 Å². The van der Waals surface area contributed by atoms with Gasteiger partial charge in [0.05, 0.1) is 6.04 Å². The number of hydrogen-bond donors (Lipinski definition) is 1. The first kappa shape index (κ1) is 18.9. The van der Waals surface area contributed by atoms with Crippen LogP contribution in [-0.4, -0.2) is 56.2 Å². The molecule has 1 saturated heterocycles. The number of carbonyl (C=O) groups is 1. The number of amides is 1. The van der Waals surface area contributed by atoms with Crippen LogP contribution in [0.5, 0.6) is 11.5 Å². The zero-order valence-electron chi connectivity index (χ0n) is 15.9. The van der Waals surface area contributed by atoms with Crippen molar-refractivity contribution in [3.05, 3.63) is 47.5 Å². The lowest BCUT2D eigenvalue weighted by Crippen LogP contribution is -2.52. The number of anilines is 2. The van der Waals surface area contributed by atoms with E-state index in [2.05, 4.69) is 21.2 Å². The van der Waals surface area contributed by atoms with Gasteiger partial charge in [-0.25, -0.2) is 0 Å².